The summed E-state index contributed by atoms with van der Waals surface area (Å²) in [6, 6.07) is 20.6. The van der Waals surface area contributed by atoms with Gasteiger partial charge in [0.25, 0.3) is 5.56 Å². The van der Waals surface area contributed by atoms with E-state index < -0.39 is 0 Å². The summed E-state index contributed by atoms with van der Waals surface area (Å²) in [5, 5.41) is 16.7. The molecule has 2 aromatic carbocycles. The summed E-state index contributed by atoms with van der Waals surface area (Å²) in [7, 11) is 0. The molecule has 4 aromatic rings. The molecule has 0 bridgehead atoms. The molecular formula is C32H34N6O3. The molecule has 210 valence electrons. The zero-order valence-corrected chi connectivity index (χ0v) is 23.4. The molecule has 0 aliphatic carbocycles. The molecule has 1 aliphatic heterocycles. The topological polar surface area (TPSA) is 123 Å². The van der Waals surface area contributed by atoms with Gasteiger partial charge >= 0.3 is 0 Å². The molecule has 1 N–H and O–H groups in total. The highest BCUT2D eigenvalue weighted by atomic mass is 16.5. The Kier molecular flexibility index (Phi) is 10.5. The summed E-state index contributed by atoms with van der Waals surface area (Å²) in [6.07, 6.45) is 6.71. The fourth-order valence-corrected chi connectivity index (χ4v) is 4.47. The van der Waals surface area contributed by atoms with Gasteiger partial charge in [0.1, 0.15) is 11.6 Å². The Morgan fingerprint density at radius 2 is 1.90 bits per heavy atom. The van der Waals surface area contributed by atoms with Crippen LogP contribution in [0.15, 0.2) is 77.9 Å². The Hall–Kier alpha value is -4.68. The van der Waals surface area contributed by atoms with Crippen LogP contribution in [0.3, 0.4) is 0 Å². The van der Waals surface area contributed by atoms with E-state index in [4.69, 9.17) is 10.00 Å². The number of nitrogens with one attached hydrogen (secondary N) is 1. The number of benzene rings is 2. The van der Waals surface area contributed by atoms with Crippen LogP contribution in [0.4, 0.5) is 0 Å². The normalized spacial score (nSPS) is 14.0. The van der Waals surface area contributed by atoms with Gasteiger partial charge in [0.15, 0.2) is 5.75 Å². The van der Waals surface area contributed by atoms with E-state index in [9.17, 15) is 9.59 Å². The Morgan fingerprint density at radius 3 is 2.63 bits per heavy atom. The number of aromatic nitrogens is 4. The maximum absolute atomic E-state index is 12.1. The Bertz CT molecular complexity index is 1550. The third kappa shape index (κ3) is 8.92. The van der Waals surface area contributed by atoms with Gasteiger partial charge in [-0.15, -0.1) is 0 Å². The lowest BCUT2D eigenvalue weighted by Gasteiger charge is -2.09. The van der Waals surface area contributed by atoms with Crippen molar-refractivity contribution in [1.29, 1.82) is 5.26 Å². The van der Waals surface area contributed by atoms with Crippen LogP contribution in [-0.2, 0) is 11.3 Å². The molecule has 1 fully saturated rings. The minimum absolute atomic E-state index is 0.0766. The molecule has 1 aliphatic rings. The minimum atomic E-state index is -0.147. The molecule has 0 radical (unpaired) electrons. The Labute approximate surface area is 239 Å². The van der Waals surface area contributed by atoms with E-state index >= 15 is 0 Å². The van der Waals surface area contributed by atoms with Crippen LogP contribution < -0.4 is 15.6 Å². The molecule has 1 atom stereocenters. The molecule has 0 saturated carbocycles. The third-order valence-electron chi connectivity index (χ3n) is 6.61. The van der Waals surface area contributed by atoms with Crippen molar-refractivity contribution >= 4 is 5.78 Å². The fraction of sp³-hybridized carbons (Fsp3) is 0.312. The predicted octanol–water partition coefficient (Wildman–Crippen LogP) is 4.40. The van der Waals surface area contributed by atoms with Gasteiger partial charge in [-0.3, -0.25) is 9.59 Å². The molecule has 0 amide bonds. The van der Waals surface area contributed by atoms with Crippen molar-refractivity contribution in [2.45, 2.75) is 52.1 Å². The molecule has 2 aromatic heterocycles. The molecule has 0 spiro atoms. The first-order chi connectivity index (χ1) is 19.9. The lowest BCUT2D eigenvalue weighted by molar-refractivity contribution is -0.120. The summed E-state index contributed by atoms with van der Waals surface area (Å²) in [4.78, 5) is 31.9. The Morgan fingerprint density at radius 1 is 1.10 bits per heavy atom. The summed E-state index contributed by atoms with van der Waals surface area (Å²) < 4.78 is 6.92. The zero-order chi connectivity index (χ0) is 29.0. The van der Waals surface area contributed by atoms with E-state index in [2.05, 4.69) is 26.5 Å². The third-order valence-corrected chi connectivity index (χ3v) is 6.61. The maximum Gasteiger partial charge on any atom is 0.267 e. The summed E-state index contributed by atoms with van der Waals surface area (Å²) in [5.41, 5.74) is 4.10. The summed E-state index contributed by atoms with van der Waals surface area (Å²) in [5.74, 6) is 1.69. The number of ether oxygens (including phenoxy) is 1. The number of rotatable bonds is 9. The molecule has 41 heavy (non-hydrogen) atoms. The monoisotopic (exact) mass is 550 g/mol. The second-order valence-corrected chi connectivity index (χ2v) is 9.93. The van der Waals surface area contributed by atoms with Crippen LogP contribution in [-0.4, -0.2) is 44.7 Å². The van der Waals surface area contributed by atoms with Crippen molar-refractivity contribution in [2.24, 2.45) is 0 Å². The van der Waals surface area contributed by atoms with Gasteiger partial charge in [0.05, 0.1) is 48.9 Å². The highest BCUT2D eigenvalue weighted by Crippen LogP contribution is 2.17. The van der Waals surface area contributed by atoms with Gasteiger partial charge < -0.3 is 10.1 Å². The smallest absolute Gasteiger partial charge is 0.267 e. The van der Waals surface area contributed by atoms with Crippen molar-refractivity contribution in [2.75, 3.05) is 13.2 Å². The number of carbonyl (C=O) groups excluding carboxylic acids is 1. The van der Waals surface area contributed by atoms with E-state index in [1.807, 2.05) is 50.2 Å². The van der Waals surface area contributed by atoms with E-state index in [0.29, 0.717) is 42.4 Å². The van der Waals surface area contributed by atoms with Crippen LogP contribution >= 0.6 is 0 Å². The molecule has 3 heterocycles. The van der Waals surface area contributed by atoms with Crippen LogP contribution in [0, 0.1) is 25.2 Å². The van der Waals surface area contributed by atoms with Gasteiger partial charge in [-0.1, -0.05) is 42.0 Å². The number of hydrogen-bond donors (Lipinski definition) is 1. The van der Waals surface area contributed by atoms with E-state index in [-0.39, 0.29) is 11.6 Å². The predicted molar refractivity (Wildman–Crippen MR) is 156 cm³/mol. The lowest BCUT2D eigenvalue weighted by Crippen LogP contribution is -2.30. The van der Waals surface area contributed by atoms with Gasteiger partial charge in [-0.2, -0.15) is 10.4 Å². The fourth-order valence-electron chi connectivity index (χ4n) is 4.47. The standard InChI is InChI=1S/C19H15N3O.C13H19N3O2/c1-14-4-2-6-16(10-14)13-22-19(23)9-8-18(21-22)17-7-3-5-15(11-17)12-20;1-10-15-8-11(9-16-10)18-7-3-5-13(17)12-4-2-6-14-12/h2-11H,13H2,1H3;8-9,12,14H,2-7H2,1H3/t;12-/m.0/s1. The summed E-state index contributed by atoms with van der Waals surface area (Å²) in [6.45, 7) is 5.77. The first-order valence-corrected chi connectivity index (χ1v) is 13.7. The van der Waals surface area contributed by atoms with E-state index in [1.54, 1.807) is 30.6 Å². The van der Waals surface area contributed by atoms with Crippen molar-refractivity contribution in [1.82, 2.24) is 25.1 Å². The van der Waals surface area contributed by atoms with Crippen LogP contribution in [0.25, 0.3) is 11.3 Å². The number of Topliss-reactive ketones (excluding diaryl/α,β-unsaturated/α-hetero) is 1. The molecular weight excluding hydrogens is 516 g/mol. The first kappa shape index (κ1) is 29.3. The second-order valence-electron chi connectivity index (χ2n) is 9.93. The number of hydrogen-bond acceptors (Lipinski definition) is 8. The van der Waals surface area contributed by atoms with Crippen molar-refractivity contribution in [3.63, 3.8) is 0 Å². The van der Waals surface area contributed by atoms with Crippen LogP contribution in [0.5, 0.6) is 5.75 Å². The van der Waals surface area contributed by atoms with Gasteiger partial charge in [0.2, 0.25) is 0 Å². The van der Waals surface area contributed by atoms with Crippen molar-refractivity contribution in [3.8, 4) is 23.1 Å². The number of nitrogens with zero attached hydrogens (tertiary/aromatic N) is 5. The SMILES string of the molecule is Cc1cccc(Cn2nc(-c3cccc(C#N)c3)ccc2=O)c1.Cc1ncc(OCCCC(=O)[C@@H]2CCCN2)cn1. The second kappa shape index (κ2) is 14.6. The van der Waals surface area contributed by atoms with Gasteiger partial charge in [-0.05, 0) is 63.4 Å². The summed E-state index contributed by atoms with van der Waals surface area (Å²) >= 11 is 0. The average molecular weight is 551 g/mol. The van der Waals surface area contributed by atoms with Gasteiger partial charge in [0, 0.05) is 18.1 Å². The minimum Gasteiger partial charge on any atom is -0.490 e. The lowest BCUT2D eigenvalue weighted by atomic mass is 10.1. The Balaban J connectivity index is 0.000000195. The first-order valence-electron chi connectivity index (χ1n) is 13.7. The molecule has 9 nitrogen and oxygen atoms in total. The molecule has 5 rings (SSSR count). The van der Waals surface area contributed by atoms with Crippen LogP contribution in [0.2, 0.25) is 0 Å². The number of carbonyl (C=O) groups is 1. The highest BCUT2D eigenvalue weighted by Gasteiger charge is 2.21. The zero-order valence-electron chi connectivity index (χ0n) is 23.4. The molecule has 1 saturated heterocycles. The van der Waals surface area contributed by atoms with E-state index in [1.165, 1.54) is 10.7 Å². The largest absolute Gasteiger partial charge is 0.490 e. The number of aryl methyl sites for hydroxylation is 2. The quantitative estimate of drug-likeness (QED) is 0.304. The van der Waals surface area contributed by atoms with E-state index in [0.717, 1.165) is 48.3 Å². The van der Waals surface area contributed by atoms with Crippen molar-refractivity contribution in [3.05, 3.63) is 106 Å². The van der Waals surface area contributed by atoms with Crippen LogP contribution in [0.1, 0.15) is 48.2 Å². The molecule has 9 heteroatoms. The molecule has 0 unspecified atom stereocenters. The average Bonchev–Trinajstić information content (AvgIpc) is 3.53. The van der Waals surface area contributed by atoms with Gasteiger partial charge in [-0.25, -0.2) is 14.6 Å². The van der Waals surface area contributed by atoms with Crippen molar-refractivity contribution < 1.29 is 9.53 Å². The highest BCUT2D eigenvalue weighted by molar-refractivity contribution is 5.84. The maximum atomic E-state index is 12.1. The number of nitriles is 1. The number of ketones is 1.